The highest BCUT2D eigenvalue weighted by Crippen LogP contribution is 2.25. The topological polar surface area (TPSA) is 97.9 Å². The van der Waals surface area contributed by atoms with Gasteiger partial charge in [-0.15, -0.1) is 0 Å². The van der Waals surface area contributed by atoms with Crippen LogP contribution < -0.4 is 16.4 Å². The number of amides is 1. The second-order valence-corrected chi connectivity index (χ2v) is 5.52. The number of hydrogen-bond acceptors (Lipinski definition) is 6. The summed E-state index contributed by atoms with van der Waals surface area (Å²) in [6.07, 6.45) is 3.39. The minimum absolute atomic E-state index is 0.236. The number of carbonyl (C=O) groups is 1. The quantitative estimate of drug-likeness (QED) is 0.785. The van der Waals surface area contributed by atoms with Gasteiger partial charge in [0.25, 0.3) is 5.91 Å². The number of nitrogens with zero attached hydrogens (tertiary/aromatic N) is 3. The van der Waals surface area contributed by atoms with Crippen LogP contribution in [0.5, 0.6) is 0 Å². The molecule has 0 aliphatic heterocycles. The summed E-state index contributed by atoms with van der Waals surface area (Å²) in [5.41, 5.74) is 6.40. The van der Waals surface area contributed by atoms with E-state index in [-0.39, 0.29) is 17.8 Å². The van der Waals surface area contributed by atoms with Crippen LogP contribution in [0.1, 0.15) is 36.5 Å². The number of rotatable bonds is 5. The van der Waals surface area contributed by atoms with Gasteiger partial charge in [0, 0.05) is 18.8 Å². The molecule has 0 atom stereocenters. The summed E-state index contributed by atoms with van der Waals surface area (Å²) >= 11 is 1.24. The Balaban J connectivity index is 2.11. The summed E-state index contributed by atoms with van der Waals surface area (Å²) < 4.78 is 1.77. The van der Waals surface area contributed by atoms with Gasteiger partial charge in [0.05, 0.1) is 11.9 Å². The predicted octanol–water partition coefficient (Wildman–Crippen LogP) is 2.19. The lowest BCUT2D eigenvalue weighted by atomic mass is 10.4. The van der Waals surface area contributed by atoms with Gasteiger partial charge in [-0.25, -0.2) is 4.98 Å². The van der Waals surface area contributed by atoms with Crippen LogP contribution in [-0.4, -0.2) is 27.2 Å². The first-order valence-electron chi connectivity index (χ1n) is 6.37. The van der Waals surface area contributed by atoms with Gasteiger partial charge in [0.15, 0.2) is 5.13 Å². The molecule has 0 spiro atoms. The zero-order chi connectivity index (χ0) is 14.7. The van der Waals surface area contributed by atoms with E-state index in [1.807, 2.05) is 20.8 Å². The van der Waals surface area contributed by atoms with Crippen LogP contribution in [0, 0.1) is 0 Å². The van der Waals surface area contributed by atoms with Crippen LogP contribution in [0.4, 0.5) is 16.6 Å². The number of aromatic nitrogens is 3. The van der Waals surface area contributed by atoms with E-state index in [9.17, 15) is 4.79 Å². The average molecular weight is 294 g/mol. The standard InChI is InChI=1S/C12H18N6OS/c1-4-14-12-17-10(13)9(20-12)11(19)16-8-5-15-18(6-8)7(2)3/h5-7H,4,13H2,1-3H3,(H,14,17)(H,16,19). The van der Waals surface area contributed by atoms with Crippen LogP contribution in [0.3, 0.4) is 0 Å². The van der Waals surface area contributed by atoms with E-state index in [0.29, 0.717) is 15.7 Å². The van der Waals surface area contributed by atoms with E-state index in [1.54, 1.807) is 17.1 Å². The monoisotopic (exact) mass is 294 g/mol. The Morgan fingerprint density at radius 2 is 2.30 bits per heavy atom. The molecule has 1 amide bonds. The molecule has 0 aliphatic rings. The third-order valence-corrected chi connectivity index (χ3v) is 3.60. The van der Waals surface area contributed by atoms with Crippen molar-refractivity contribution < 1.29 is 4.79 Å². The van der Waals surface area contributed by atoms with Crippen molar-refractivity contribution in [2.45, 2.75) is 26.8 Å². The minimum atomic E-state index is -0.271. The minimum Gasteiger partial charge on any atom is -0.382 e. The molecule has 0 radical (unpaired) electrons. The summed E-state index contributed by atoms with van der Waals surface area (Å²) in [5.74, 6) is -0.0350. The Bertz CT molecular complexity index is 603. The lowest BCUT2D eigenvalue weighted by Gasteiger charge is -2.03. The fourth-order valence-electron chi connectivity index (χ4n) is 1.59. The third-order valence-electron chi connectivity index (χ3n) is 2.58. The second kappa shape index (κ2) is 5.91. The zero-order valence-electron chi connectivity index (χ0n) is 11.7. The van der Waals surface area contributed by atoms with E-state index in [2.05, 4.69) is 20.7 Å². The third kappa shape index (κ3) is 3.08. The van der Waals surface area contributed by atoms with Gasteiger partial charge >= 0.3 is 0 Å². The summed E-state index contributed by atoms with van der Waals surface area (Å²) in [6, 6.07) is 0.245. The average Bonchev–Trinajstić information content (AvgIpc) is 2.97. The van der Waals surface area contributed by atoms with Gasteiger partial charge in [-0.3, -0.25) is 9.48 Å². The molecular weight excluding hydrogens is 276 g/mol. The molecule has 2 aromatic rings. The maximum atomic E-state index is 12.1. The van der Waals surface area contributed by atoms with Gasteiger partial charge in [0.1, 0.15) is 10.7 Å². The largest absolute Gasteiger partial charge is 0.382 e. The Hall–Kier alpha value is -2.09. The van der Waals surface area contributed by atoms with Crippen molar-refractivity contribution in [2.24, 2.45) is 0 Å². The molecule has 20 heavy (non-hydrogen) atoms. The molecule has 4 N–H and O–H groups in total. The molecule has 0 saturated carbocycles. The molecule has 0 fully saturated rings. The van der Waals surface area contributed by atoms with E-state index in [4.69, 9.17) is 5.73 Å². The lowest BCUT2D eigenvalue weighted by molar-refractivity contribution is 0.103. The highest BCUT2D eigenvalue weighted by molar-refractivity contribution is 7.18. The molecule has 0 unspecified atom stereocenters. The van der Waals surface area contributed by atoms with Gasteiger partial charge < -0.3 is 16.4 Å². The fraction of sp³-hybridized carbons (Fsp3) is 0.417. The van der Waals surface area contributed by atoms with Gasteiger partial charge in [-0.1, -0.05) is 11.3 Å². The van der Waals surface area contributed by atoms with Crippen molar-refractivity contribution in [3.05, 3.63) is 17.3 Å². The van der Waals surface area contributed by atoms with Gasteiger partial charge in [0.2, 0.25) is 0 Å². The normalized spacial score (nSPS) is 10.8. The summed E-state index contributed by atoms with van der Waals surface area (Å²) in [5, 5.41) is 10.6. The van der Waals surface area contributed by atoms with Crippen molar-refractivity contribution >= 4 is 33.9 Å². The number of hydrogen-bond donors (Lipinski definition) is 3. The number of thiazole rings is 1. The van der Waals surface area contributed by atoms with Gasteiger partial charge in [-0.05, 0) is 20.8 Å². The van der Waals surface area contributed by atoms with Crippen molar-refractivity contribution in [2.75, 3.05) is 22.9 Å². The Kier molecular flexibility index (Phi) is 4.23. The van der Waals surface area contributed by atoms with Crippen molar-refractivity contribution in [1.82, 2.24) is 14.8 Å². The summed E-state index contributed by atoms with van der Waals surface area (Å²) in [7, 11) is 0. The molecule has 0 aliphatic carbocycles. The second-order valence-electron chi connectivity index (χ2n) is 4.52. The highest BCUT2D eigenvalue weighted by atomic mass is 32.1. The molecule has 0 bridgehead atoms. The molecule has 2 aromatic heterocycles. The molecule has 0 aromatic carbocycles. The highest BCUT2D eigenvalue weighted by Gasteiger charge is 2.16. The van der Waals surface area contributed by atoms with Crippen molar-refractivity contribution in [3.63, 3.8) is 0 Å². The maximum absolute atomic E-state index is 12.1. The SMILES string of the molecule is CCNc1nc(N)c(C(=O)Nc2cnn(C(C)C)c2)s1. The molecular formula is C12H18N6OS. The summed E-state index contributed by atoms with van der Waals surface area (Å²) in [4.78, 5) is 16.6. The number of nitrogens with two attached hydrogens (primary N) is 1. The Morgan fingerprint density at radius 1 is 1.55 bits per heavy atom. The molecule has 8 heteroatoms. The van der Waals surface area contributed by atoms with E-state index < -0.39 is 0 Å². The Morgan fingerprint density at radius 3 is 2.90 bits per heavy atom. The molecule has 7 nitrogen and oxygen atoms in total. The summed E-state index contributed by atoms with van der Waals surface area (Å²) in [6.45, 7) is 6.72. The molecule has 2 heterocycles. The van der Waals surface area contributed by atoms with E-state index in [0.717, 1.165) is 6.54 Å². The van der Waals surface area contributed by atoms with Crippen LogP contribution >= 0.6 is 11.3 Å². The first-order valence-corrected chi connectivity index (χ1v) is 7.18. The first kappa shape index (κ1) is 14.3. The molecule has 108 valence electrons. The van der Waals surface area contributed by atoms with Gasteiger partial charge in [-0.2, -0.15) is 5.10 Å². The number of nitrogen functional groups attached to an aromatic ring is 1. The fourth-order valence-corrected chi connectivity index (χ4v) is 2.44. The van der Waals surface area contributed by atoms with E-state index in [1.165, 1.54) is 11.3 Å². The van der Waals surface area contributed by atoms with Crippen molar-refractivity contribution in [3.8, 4) is 0 Å². The smallest absolute Gasteiger partial charge is 0.269 e. The lowest BCUT2D eigenvalue weighted by Crippen LogP contribution is -2.11. The van der Waals surface area contributed by atoms with Crippen LogP contribution in [-0.2, 0) is 0 Å². The number of carbonyl (C=O) groups excluding carboxylic acids is 1. The predicted molar refractivity (Wildman–Crippen MR) is 81.3 cm³/mol. The van der Waals surface area contributed by atoms with Crippen LogP contribution in [0.15, 0.2) is 12.4 Å². The van der Waals surface area contributed by atoms with Crippen LogP contribution in [0.25, 0.3) is 0 Å². The number of anilines is 3. The Labute approximate surface area is 121 Å². The number of nitrogens with one attached hydrogen (secondary N) is 2. The first-order chi connectivity index (χ1) is 9.51. The molecule has 0 saturated heterocycles. The van der Waals surface area contributed by atoms with E-state index >= 15 is 0 Å². The van der Waals surface area contributed by atoms with Crippen LogP contribution in [0.2, 0.25) is 0 Å². The van der Waals surface area contributed by atoms with Crippen molar-refractivity contribution in [1.29, 1.82) is 0 Å². The maximum Gasteiger partial charge on any atom is 0.269 e. The molecule has 2 rings (SSSR count). The zero-order valence-corrected chi connectivity index (χ0v) is 12.5.